The zero-order valence-corrected chi connectivity index (χ0v) is 19.6. The summed E-state index contributed by atoms with van der Waals surface area (Å²) in [6, 6.07) is 19.6. The maximum atomic E-state index is 12.5. The van der Waals surface area contributed by atoms with Crippen LogP contribution in [-0.2, 0) is 16.1 Å². The number of hydrogen-bond donors (Lipinski definition) is 1. The van der Waals surface area contributed by atoms with Crippen LogP contribution in [0.25, 0.3) is 0 Å². The Morgan fingerprint density at radius 1 is 0.943 bits per heavy atom. The Morgan fingerprint density at radius 2 is 1.71 bits per heavy atom. The van der Waals surface area contributed by atoms with E-state index < -0.39 is 18.5 Å². The van der Waals surface area contributed by atoms with E-state index in [4.69, 9.17) is 23.7 Å². The number of benzene rings is 3. The number of esters is 1. The molecule has 0 bridgehead atoms. The quantitative estimate of drug-likeness (QED) is 0.464. The molecule has 0 fully saturated rings. The number of carbonyl (C=O) groups is 2. The van der Waals surface area contributed by atoms with Crippen molar-refractivity contribution < 1.29 is 33.3 Å². The number of ether oxygens (including phenoxy) is 5. The van der Waals surface area contributed by atoms with Crippen molar-refractivity contribution in [2.75, 3.05) is 26.9 Å². The maximum Gasteiger partial charge on any atom is 0.338 e. The molecule has 8 heteroatoms. The first-order valence-electron chi connectivity index (χ1n) is 11.2. The normalized spacial score (nSPS) is 12.9. The van der Waals surface area contributed by atoms with Gasteiger partial charge in [0, 0.05) is 0 Å². The van der Waals surface area contributed by atoms with Crippen LogP contribution in [0.5, 0.6) is 23.0 Å². The highest BCUT2D eigenvalue weighted by Crippen LogP contribution is 2.32. The molecule has 0 saturated heterocycles. The molecular formula is C27H27NO7. The molecule has 8 nitrogen and oxygen atoms in total. The lowest BCUT2D eigenvalue weighted by Crippen LogP contribution is -2.31. The molecular weight excluding hydrogens is 450 g/mol. The summed E-state index contributed by atoms with van der Waals surface area (Å²) in [4.78, 5) is 24.9. The molecule has 1 atom stereocenters. The average molecular weight is 478 g/mol. The van der Waals surface area contributed by atoms with Crippen LogP contribution in [0, 0.1) is 0 Å². The number of amides is 1. The fourth-order valence-corrected chi connectivity index (χ4v) is 3.56. The zero-order valence-electron chi connectivity index (χ0n) is 19.6. The van der Waals surface area contributed by atoms with Crippen LogP contribution < -0.4 is 24.3 Å². The van der Waals surface area contributed by atoms with E-state index in [1.807, 2.05) is 55.5 Å². The number of rotatable bonds is 9. The molecule has 0 radical (unpaired) electrons. The van der Waals surface area contributed by atoms with Gasteiger partial charge in [-0.25, -0.2) is 4.79 Å². The summed E-state index contributed by atoms with van der Waals surface area (Å²) < 4.78 is 27.5. The van der Waals surface area contributed by atoms with Crippen LogP contribution in [0.15, 0.2) is 66.7 Å². The third-order valence-corrected chi connectivity index (χ3v) is 5.41. The largest absolute Gasteiger partial charge is 0.493 e. The molecule has 1 heterocycles. The van der Waals surface area contributed by atoms with Gasteiger partial charge in [-0.15, -0.1) is 0 Å². The highest BCUT2D eigenvalue weighted by atomic mass is 16.6. The molecule has 3 aromatic rings. The van der Waals surface area contributed by atoms with Gasteiger partial charge < -0.3 is 29.0 Å². The zero-order chi connectivity index (χ0) is 24.6. The summed E-state index contributed by atoms with van der Waals surface area (Å²) in [6.07, 6.45) is 0. The minimum atomic E-state index is -0.639. The molecule has 0 spiro atoms. The van der Waals surface area contributed by atoms with Gasteiger partial charge >= 0.3 is 5.97 Å². The fraction of sp³-hybridized carbons (Fsp3) is 0.259. The van der Waals surface area contributed by atoms with Gasteiger partial charge in [-0.1, -0.05) is 36.4 Å². The van der Waals surface area contributed by atoms with Crippen LogP contribution >= 0.6 is 0 Å². The molecule has 182 valence electrons. The van der Waals surface area contributed by atoms with Crippen molar-refractivity contribution in [3.05, 3.63) is 83.4 Å². The smallest absolute Gasteiger partial charge is 0.338 e. The highest BCUT2D eigenvalue weighted by Gasteiger charge is 2.18. The molecule has 35 heavy (non-hydrogen) atoms. The minimum Gasteiger partial charge on any atom is -0.493 e. The topological polar surface area (TPSA) is 92.3 Å². The summed E-state index contributed by atoms with van der Waals surface area (Å²) in [5, 5.41) is 2.82. The van der Waals surface area contributed by atoms with E-state index in [9.17, 15) is 9.59 Å². The van der Waals surface area contributed by atoms with Crippen LogP contribution in [-0.4, -0.2) is 38.8 Å². The predicted molar refractivity (Wildman–Crippen MR) is 128 cm³/mol. The van der Waals surface area contributed by atoms with Gasteiger partial charge in [0.2, 0.25) is 0 Å². The lowest BCUT2D eigenvalue weighted by molar-refractivity contribution is -0.124. The molecule has 1 unspecified atom stereocenters. The Bertz CT molecular complexity index is 1180. The number of methoxy groups -OCH3 is 1. The first kappa shape index (κ1) is 23.9. The second kappa shape index (κ2) is 11.3. The maximum absolute atomic E-state index is 12.5. The van der Waals surface area contributed by atoms with Crippen molar-refractivity contribution in [2.24, 2.45) is 0 Å². The first-order chi connectivity index (χ1) is 17.0. The van der Waals surface area contributed by atoms with Crippen molar-refractivity contribution in [1.29, 1.82) is 0 Å². The van der Waals surface area contributed by atoms with Gasteiger partial charge in [-0.2, -0.15) is 0 Å². The fourth-order valence-electron chi connectivity index (χ4n) is 3.56. The van der Waals surface area contributed by atoms with Gasteiger partial charge in [0.05, 0.1) is 18.7 Å². The lowest BCUT2D eigenvalue weighted by atomic mass is 10.1. The molecule has 1 N–H and O–H groups in total. The molecule has 0 saturated carbocycles. The second-order valence-corrected chi connectivity index (χ2v) is 7.91. The third kappa shape index (κ3) is 6.23. The van der Waals surface area contributed by atoms with E-state index in [0.29, 0.717) is 42.8 Å². The molecule has 4 rings (SSSR count). The van der Waals surface area contributed by atoms with Crippen molar-refractivity contribution in [3.63, 3.8) is 0 Å². The SMILES string of the molecule is COc1cc(C(=O)OCC(=O)NC(C)c2ccc3c(c2)OCCO3)ccc1OCc1ccccc1. The first-order valence-corrected chi connectivity index (χ1v) is 11.2. The second-order valence-electron chi connectivity index (χ2n) is 7.91. The Hall–Kier alpha value is -4.20. The summed E-state index contributed by atoms with van der Waals surface area (Å²) >= 11 is 0. The average Bonchev–Trinajstić information content (AvgIpc) is 2.90. The van der Waals surface area contributed by atoms with Gasteiger partial charge in [-0.05, 0) is 48.4 Å². The van der Waals surface area contributed by atoms with Crippen LogP contribution in [0.2, 0.25) is 0 Å². The van der Waals surface area contributed by atoms with Crippen molar-refractivity contribution >= 4 is 11.9 Å². The number of fused-ring (bicyclic) bond motifs is 1. The van der Waals surface area contributed by atoms with Gasteiger partial charge in [0.1, 0.15) is 19.8 Å². The van der Waals surface area contributed by atoms with Crippen molar-refractivity contribution in [1.82, 2.24) is 5.32 Å². The summed E-state index contributed by atoms with van der Waals surface area (Å²) in [5.41, 5.74) is 2.11. The Balaban J connectivity index is 1.30. The van der Waals surface area contributed by atoms with E-state index in [1.54, 1.807) is 12.1 Å². The standard InChI is InChI=1S/C27H27NO7/c1-18(20-8-10-23-25(14-20)33-13-12-32-23)28-26(29)17-35-27(30)21-9-11-22(24(15-21)31-2)34-16-19-6-4-3-5-7-19/h3-11,14-15,18H,12-13,16-17H2,1-2H3,(H,28,29). The molecule has 0 aromatic heterocycles. The van der Waals surface area contributed by atoms with Crippen LogP contribution in [0.3, 0.4) is 0 Å². The van der Waals surface area contributed by atoms with Crippen LogP contribution in [0.4, 0.5) is 0 Å². The Labute approximate surface area is 203 Å². The summed E-state index contributed by atoms with van der Waals surface area (Å²) in [7, 11) is 1.49. The highest BCUT2D eigenvalue weighted by molar-refractivity contribution is 5.92. The van der Waals surface area contributed by atoms with Gasteiger partial charge in [0.25, 0.3) is 5.91 Å². The number of carbonyl (C=O) groups excluding carboxylic acids is 2. The summed E-state index contributed by atoms with van der Waals surface area (Å²) in [6.45, 7) is 2.78. The summed E-state index contributed by atoms with van der Waals surface area (Å²) in [5.74, 6) is 1.16. The molecule has 3 aromatic carbocycles. The Morgan fingerprint density at radius 3 is 2.49 bits per heavy atom. The van der Waals surface area contributed by atoms with E-state index in [1.165, 1.54) is 13.2 Å². The van der Waals surface area contributed by atoms with E-state index in [-0.39, 0.29) is 11.6 Å². The predicted octanol–water partition coefficient (Wildman–Crippen LogP) is 4.08. The minimum absolute atomic E-state index is 0.251. The number of nitrogens with one attached hydrogen (secondary N) is 1. The van der Waals surface area contributed by atoms with E-state index in [0.717, 1.165) is 11.1 Å². The van der Waals surface area contributed by atoms with Crippen molar-refractivity contribution in [2.45, 2.75) is 19.6 Å². The third-order valence-electron chi connectivity index (χ3n) is 5.41. The van der Waals surface area contributed by atoms with Crippen molar-refractivity contribution in [3.8, 4) is 23.0 Å². The lowest BCUT2D eigenvalue weighted by Gasteiger charge is -2.21. The molecule has 0 aliphatic carbocycles. The van der Waals surface area contributed by atoms with Gasteiger partial charge in [-0.3, -0.25) is 4.79 Å². The monoisotopic (exact) mass is 477 g/mol. The van der Waals surface area contributed by atoms with E-state index in [2.05, 4.69) is 5.32 Å². The number of hydrogen-bond acceptors (Lipinski definition) is 7. The molecule has 1 aliphatic heterocycles. The molecule has 1 amide bonds. The molecule has 1 aliphatic rings. The van der Waals surface area contributed by atoms with Crippen LogP contribution in [0.1, 0.15) is 34.5 Å². The Kier molecular flexibility index (Phi) is 7.72. The van der Waals surface area contributed by atoms with E-state index >= 15 is 0 Å². The van der Waals surface area contributed by atoms with Gasteiger partial charge in [0.15, 0.2) is 29.6 Å².